The molecular formula is C7H13O2P. The molecule has 0 aliphatic rings. The fourth-order valence-electron chi connectivity index (χ4n) is 0.593. The second-order valence-electron chi connectivity index (χ2n) is 2.22. The van der Waals surface area contributed by atoms with Crippen LogP contribution in [-0.4, -0.2) is 19.1 Å². The van der Waals surface area contributed by atoms with Crippen LogP contribution < -0.4 is 0 Å². The summed E-state index contributed by atoms with van der Waals surface area (Å²) < 4.78 is 11.9. The predicted octanol–water partition coefficient (Wildman–Crippen LogP) is 0.813. The van der Waals surface area contributed by atoms with Crippen LogP contribution in [0.15, 0.2) is 0 Å². The van der Waals surface area contributed by atoms with E-state index >= 15 is 0 Å². The van der Waals surface area contributed by atoms with Crippen LogP contribution in [0.4, 0.5) is 0 Å². The lowest BCUT2D eigenvalue weighted by Gasteiger charge is -2.17. The highest BCUT2D eigenvalue weighted by molar-refractivity contribution is 7.09. The predicted molar refractivity (Wildman–Crippen MR) is 44.3 cm³/mol. The lowest BCUT2D eigenvalue weighted by atomic mass is 10.0. The Morgan fingerprint density at radius 1 is 2.00 bits per heavy atom. The first kappa shape index (κ1) is 8.01. The molecule has 0 aromatic heterocycles. The molecule has 2 unspecified atom stereocenters. The average molecular weight is 162 g/mol. The van der Waals surface area contributed by atoms with E-state index in [1.54, 1.807) is 0 Å². The van der Waals surface area contributed by atoms with E-state index in [0.29, 0.717) is 6.42 Å². The van der Waals surface area contributed by atoms with Crippen LogP contribution in [0.3, 0.4) is 0 Å². The Morgan fingerprint density at radius 2 is 2.70 bits per heavy atom. The largest absolute Gasteiger partial charge is 0.396 e. The van der Waals surface area contributed by atoms with E-state index < -0.39 is 0 Å². The van der Waals surface area contributed by atoms with E-state index in [2.05, 4.69) is 5.92 Å². The summed E-state index contributed by atoms with van der Waals surface area (Å²) in [5.41, 5.74) is 0. The van der Waals surface area contributed by atoms with Crippen molar-refractivity contribution in [2.24, 2.45) is 5.92 Å². The monoisotopic (exact) mass is 162 g/mol. The van der Waals surface area contributed by atoms with Gasteiger partial charge in [-0.3, -0.25) is 0 Å². The molecule has 0 aromatic carbocycles. The third-order valence-electron chi connectivity index (χ3n) is 1.39. The molecule has 0 heterocycles. The summed E-state index contributed by atoms with van der Waals surface area (Å²) in [5.74, 6) is 2.47. The quantitative estimate of drug-likeness (QED) is 0.479. The summed E-state index contributed by atoms with van der Waals surface area (Å²) in [7, 11) is -0.313. The Balaban J connectivity index is 3.78. The first-order valence-corrected chi connectivity index (χ1v) is 3.53. The lowest BCUT2D eigenvalue weighted by molar-refractivity contribution is 0.117. The Hall–Kier alpha value is -0.0900. The fraction of sp³-hybridized carbons (Fsp3) is 0.714. The van der Waals surface area contributed by atoms with E-state index in [9.17, 15) is 0 Å². The molecule has 58 valence electrons. The van der Waals surface area contributed by atoms with Gasteiger partial charge in [0.15, 0.2) is 0 Å². The molecule has 2 nitrogen and oxygen atoms in total. The maximum atomic E-state index is 8.75. The van der Waals surface area contributed by atoms with Crippen LogP contribution >= 0.6 is 9.41 Å². The molecule has 0 saturated heterocycles. The minimum Gasteiger partial charge on any atom is -0.396 e. The second kappa shape index (κ2) is 5.68. The summed E-state index contributed by atoms with van der Waals surface area (Å²) >= 11 is 0. The first-order valence-electron chi connectivity index (χ1n) is 3.63. The number of hydrogen-bond donors (Lipinski definition) is 1. The maximum absolute atomic E-state index is 8.75. The van der Waals surface area contributed by atoms with Crippen molar-refractivity contribution in [3.05, 3.63) is 0 Å². The smallest absolute Gasteiger partial charge is 0.0851 e. The van der Waals surface area contributed by atoms with Gasteiger partial charge in [-0.25, -0.2) is 0 Å². The number of aliphatic hydroxyl groups excluding tert-OH is 1. The Kier molecular flexibility index (Phi) is 4.55. The van der Waals surface area contributed by atoms with Gasteiger partial charge >= 0.3 is 0 Å². The summed E-state index contributed by atoms with van der Waals surface area (Å²) in [6.45, 7) is 1.90. The third-order valence-corrected chi connectivity index (χ3v) is 1.70. The van der Waals surface area contributed by atoms with Crippen molar-refractivity contribution < 1.29 is 9.63 Å². The van der Waals surface area contributed by atoms with Gasteiger partial charge in [0.1, 0.15) is 0 Å². The molecule has 1 N–H and O–H groups in total. The fourth-order valence-corrected chi connectivity index (χ4v) is 0.908. The minimum atomic E-state index is -0.313. The van der Waals surface area contributed by atoms with E-state index in [4.69, 9.17) is 17.3 Å². The molecule has 0 bridgehead atoms. The van der Waals surface area contributed by atoms with Gasteiger partial charge in [0.25, 0.3) is 0 Å². The van der Waals surface area contributed by atoms with Gasteiger partial charge in [-0.05, 0) is 0 Å². The summed E-state index contributed by atoms with van der Waals surface area (Å²) in [6, 6.07) is 0. The van der Waals surface area contributed by atoms with Crippen molar-refractivity contribution in [2.45, 2.75) is 19.4 Å². The Morgan fingerprint density at radius 3 is 3.10 bits per heavy atom. The molecule has 0 aromatic rings. The lowest BCUT2D eigenvalue weighted by Crippen LogP contribution is -2.20. The van der Waals surface area contributed by atoms with Gasteiger partial charge in [0.05, 0.1) is 7.38 Å². The highest BCUT2D eigenvalue weighted by atomic mass is 31.0. The van der Waals surface area contributed by atoms with Crippen molar-refractivity contribution in [3.8, 4) is 12.3 Å². The molecule has 0 radical (unpaired) electrons. The van der Waals surface area contributed by atoms with E-state index in [0.717, 1.165) is 0 Å². The maximum Gasteiger partial charge on any atom is 0.0851 e. The first-order chi connectivity index (χ1) is 5.26. The Labute approximate surface area is 65.5 Å². The van der Waals surface area contributed by atoms with Gasteiger partial charge in [0, 0.05) is 28.4 Å². The van der Waals surface area contributed by atoms with E-state index in [-0.39, 0.29) is 28.0 Å². The van der Waals surface area contributed by atoms with Crippen molar-refractivity contribution >= 4 is 9.41 Å². The van der Waals surface area contributed by atoms with Gasteiger partial charge in [-0.2, -0.15) is 0 Å². The zero-order valence-corrected chi connectivity index (χ0v) is 7.00. The normalized spacial score (nSPS) is 18.3. The zero-order chi connectivity index (χ0) is 8.69. The van der Waals surface area contributed by atoms with Crippen molar-refractivity contribution in [1.82, 2.24) is 0 Å². The van der Waals surface area contributed by atoms with Crippen LogP contribution in [-0.2, 0) is 4.52 Å². The SMILES string of the molecule is [3H]POC(CC#C)[C@@H](C)CO. The van der Waals surface area contributed by atoms with Gasteiger partial charge in [-0.15, -0.1) is 12.3 Å². The van der Waals surface area contributed by atoms with Crippen LogP contribution in [0.1, 0.15) is 13.3 Å². The van der Waals surface area contributed by atoms with Gasteiger partial charge < -0.3 is 9.63 Å². The number of rotatable bonds is 5. The summed E-state index contributed by atoms with van der Waals surface area (Å²) in [4.78, 5) is 0. The molecule has 3 heteroatoms. The highest BCUT2D eigenvalue weighted by Crippen LogP contribution is 2.12. The van der Waals surface area contributed by atoms with Crippen molar-refractivity contribution in [2.75, 3.05) is 6.61 Å². The molecular weight excluding hydrogens is 147 g/mol. The summed E-state index contributed by atoms with van der Waals surface area (Å²) in [6.07, 6.45) is 5.38. The van der Waals surface area contributed by atoms with Gasteiger partial charge in [0.2, 0.25) is 0 Å². The summed E-state index contributed by atoms with van der Waals surface area (Å²) in [5, 5.41) is 8.75. The van der Waals surface area contributed by atoms with E-state index in [1.165, 1.54) is 0 Å². The van der Waals surface area contributed by atoms with Crippen LogP contribution in [0.5, 0.6) is 0 Å². The molecule has 0 spiro atoms. The average Bonchev–Trinajstić information content (AvgIpc) is 2.03. The number of hydrogen-bond acceptors (Lipinski definition) is 2. The molecule has 0 fully saturated rings. The van der Waals surface area contributed by atoms with Gasteiger partial charge in [-0.1, -0.05) is 6.92 Å². The van der Waals surface area contributed by atoms with Crippen molar-refractivity contribution in [1.29, 1.82) is 1.28 Å². The number of aliphatic hydroxyl groups is 1. The standard InChI is InChI=1S/C7H13O2P/c1-3-4-7(9-10)6(2)5-8/h1,6-8H,4-5,10H2,2H3/t6-,7?/m0/s1/i10T/t6-,7?,10?. The molecule has 10 heavy (non-hydrogen) atoms. The second-order valence-corrected chi connectivity index (χ2v) is 2.46. The molecule has 0 amide bonds. The van der Waals surface area contributed by atoms with Crippen LogP contribution in [0, 0.1) is 18.3 Å². The molecule has 0 aliphatic heterocycles. The van der Waals surface area contributed by atoms with Crippen LogP contribution in [0.25, 0.3) is 0 Å². The van der Waals surface area contributed by atoms with Crippen LogP contribution in [0.2, 0.25) is 0 Å². The Bertz CT molecular complexity index is 135. The topological polar surface area (TPSA) is 29.5 Å². The number of terminal acetylenes is 1. The zero-order valence-electron chi connectivity index (χ0n) is 7.00. The molecule has 0 saturated carbocycles. The van der Waals surface area contributed by atoms with E-state index in [1.807, 2.05) is 6.92 Å². The minimum absolute atomic E-state index is 0.0175. The third kappa shape index (κ3) is 3.17. The molecule has 0 aliphatic carbocycles. The van der Waals surface area contributed by atoms with Crippen molar-refractivity contribution in [3.63, 3.8) is 0 Å². The molecule has 0 rings (SSSR count). The highest BCUT2D eigenvalue weighted by Gasteiger charge is 2.13. The molecule has 3 atom stereocenters.